The van der Waals surface area contributed by atoms with Gasteiger partial charge in [-0.25, -0.2) is 9.78 Å². The van der Waals surface area contributed by atoms with Crippen LogP contribution in [-0.4, -0.2) is 53.8 Å². The van der Waals surface area contributed by atoms with E-state index in [1.54, 1.807) is 7.11 Å². The third-order valence-electron chi connectivity index (χ3n) is 4.77. The number of hydrogen-bond donors (Lipinski definition) is 1. The number of ether oxygens (including phenoxy) is 1. The van der Waals surface area contributed by atoms with Crippen molar-refractivity contribution in [3.8, 4) is 0 Å². The molecular formula is C18H26N4O2. The molecule has 130 valence electrons. The smallest absolute Gasteiger partial charge is 0.317 e. The van der Waals surface area contributed by atoms with Crippen molar-refractivity contribution in [2.75, 3.05) is 33.4 Å². The molecule has 0 bridgehead atoms. The van der Waals surface area contributed by atoms with E-state index in [0.717, 1.165) is 43.8 Å². The zero-order chi connectivity index (χ0) is 16.9. The lowest BCUT2D eigenvalue weighted by Crippen LogP contribution is -2.45. The summed E-state index contributed by atoms with van der Waals surface area (Å²) in [7, 11) is 1.64. The molecule has 1 aliphatic heterocycles. The van der Waals surface area contributed by atoms with Crippen LogP contribution in [0.3, 0.4) is 0 Å². The number of piperidine rings is 1. The van der Waals surface area contributed by atoms with Crippen LogP contribution in [0.25, 0.3) is 11.0 Å². The van der Waals surface area contributed by atoms with Crippen LogP contribution in [0.4, 0.5) is 4.79 Å². The minimum atomic E-state index is 0.0229. The summed E-state index contributed by atoms with van der Waals surface area (Å²) in [5.74, 6) is 1.65. The van der Waals surface area contributed by atoms with Gasteiger partial charge in [0.2, 0.25) is 0 Å². The predicted octanol–water partition coefficient (Wildman–Crippen LogP) is 2.41. The highest BCUT2D eigenvalue weighted by molar-refractivity contribution is 5.76. The molecule has 1 aromatic heterocycles. The Morgan fingerprint density at radius 2 is 2.08 bits per heavy atom. The molecule has 0 saturated carbocycles. The maximum atomic E-state index is 12.1. The van der Waals surface area contributed by atoms with Gasteiger partial charge in [0.15, 0.2) is 0 Å². The number of nitrogens with zero attached hydrogens (tertiary/aromatic N) is 3. The summed E-state index contributed by atoms with van der Waals surface area (Å²) in [6.45, 7) is 5.79. The molecule has 2 heterocycles. The fourth-order valence-corrected chi connectivity index (χ4v) is 3.38. The van der Waals surface area contributed by atoms with Crippen LogP contribution in [0.15, 0.2) is 24.3 Å². The largest absolute Gasteiger partial charge is 0.383 e. The van der Waals surface area contributed by atoms with Gasteiger partial charge in [-0.2, -0.15) is 0 Å². The third kappa shape index (κ3) is 3.70. The summed E-state index contributed by atoms with van der Waals surface area (Å²) < 4.78 is 7.27. The summed E-state index contributed by atoms with van der Waals surface area (Å²) in [5, 5.41) is 2.89. The number of rotatable bonds is 5. The molecule has 1 fully saturated rings. The Labute approximate surface area is 142 Å². The Morgan fingerprint density at radius 1 is 1.33 bits per heavy atom. The number of urea groups is 1. The van der Waals surface area contributed by atoms with Crippen LogP contribution < -0.4 is 5.32 Å². The van der Waals surface area contributed by atoms with E-state index in [0.29, 0.717) is 19.1 Å². The number of imidazole rings is 1. The van der Waals surface area contributed by atoms with Gasteiger partial charge in [-0.1, -0.05) is 12.1 Å². The number of carbonyl (C=O) groups excluding carboxylic acids is 1. The Balaban J connectivity index is 1.55. The van der Waals surface area contributed by atoms with Crippen LogP contribution in [-0.2, 0) is 11.3 Å². The summed E-state index contributed by atoms with van der Waals surface area (Å²) in [5.41, 5.74) is 2.26. The van der Waals surface area contributed by atoms with Gasteiger partial charge < -0.3 is 19.5 Å². The van der Waals surface area contributed by atoms with Gasteiger partial charge in [-0.05, 0) is 37.8 Å². The highest BCUT2D eigenvalue weighted by Gasteiger charge is 2.23. The zero-order valence-corrected chi connectivity index (χ0v) is 14.5. The summed E-state index contributed by atoms with van der Waals surface area (Å²) in [4.78, 5) is 18.6. The quantitative estimate of drug-likeness (QED) is 0.857. The number of benzene rings is 1. The lowest BCUT2D eigenvalue weighted by molar-refractivity contribution is 0.158. The van der Waals surface area contributed by atoms with Crippen LogP contribution in [0.5, 0.6) is 0 Å². The number of fused-ring (bicyclic) bond motifs is 1. The first kappa shape index (κ1) is 16.8. The number of amides is 2. The van der Waals surface area contributed by atoms with Gasteiger partial charge in [-0.15, -0.1) is 0 Å². The van der Waals surface area contributed by atoms with Gasteiger partial charge in [0, 0.05) is 33.3 Å². The Hall–Kier alpha value is -2.08. The van der Waals surface area contributed by atoms with E-state index in [1.807, 2.05) is 11.0 Å². The van der Waals surface area contributed by atoms with E-state index in [9.17, 15) is 4.79 Å². The van der Waals surface area contributed by atoms with Gasteiger partial charge in [-0.3, -0.25) is 0 Å². The number of methoxy groups -OCH3 is 1. The SMILES string of the molecule is COCCNC(=O)N1CCC(Cn2c(C)nc3ccccc32)CC1. The van der Waals surface area contributed by atoms with Crippen molar-refractivity contribution < 1.29 is 9.53 Å². The monoisotopic (exact) mass is 330 g/mol. The second-order valence-corrected chi connectivity index (χ2v) is 6.41. The number of hydrogen-bond acceptors (Lipinski definition) is 3. The average Bonchev–Trinajstić information content (AvgIpc) is 2.91. The van der Waals surface area contributed by atoms with Crippen LogP contribution in [0, 0.1) is 12.8 Å². The normalized spacial score (nSPS) is 15.8. The van der Waals surface area contributed by atoms with E-state index in [2.05, 4.69) is 40.0 Å². The Kier molecular flexibility index (Phi) is 5.35. The van der Waals surface area contributed by atoms with Crippen molar-refractivity contribution in [2.45, 2.75) is 26.3 Å². The Morgan fingerprint density at radius 3 is 2.83 bits per heavy atom. The van der Waals surface area contributed by atoms with E-state index in [4.69, 9.17) is 4.74 Å². The summed E-state index contributed by atoms with van der Waals surface area (Å²) >= 11 is 0. The van der Waals surface area contributed by atoms with Crippen molar-refractivity contribution in [2.24, 2.45) is 5.92 Å². The van der Waals surface area contributed by atoms with E-state index >= 15 is 0 Å². The van der Waals surface area contributed by atoms with E-state index in [1.165, 1.54) is 5.52 Å². The van der Waals surface area contributed by atoms with Crippen LogP contribution in [0.2, 0.25) is 0 Å². The first-order valence-electron chi connectivity index (χ1n) is 8.62. The average molecular weight is 330 g/mol. The standard InChI is InChI=1S/C18H26N4O2/c1-14-20-16-5-3-4-6-17(16)22(14)13-15-7-10-21(11-8-15)18(23)19-9-12-24-2/h3-6,15H,7-13H2,1-2H3,(H,19,23). The first-order chi connectivity index (χ1) is 11.7. The number of carbonyl (C=O) groups is 1. The maximum absolute atomic E-state index is 12.1. The topological polar surface area (TPSA) is 59.4 Å². The molecule has 1 aliphatic rings. The number of likely N-dealkylation sites (tertiary alicyclic amines) is 1. The third-order valence-corrected chi connectivity index (χ3v) is 4.77. The van der Waals surface area contributed by atoms with E-state index in [-0.39, 0.29) is 6.03 Å². The number of aryl methyl sites for hydroxylation is 1. The van der Waals surface area contributed by atoms with Gasteiger partial charge >= 0.3 is 6.03 Å². The number of para-hydroxylation sites is 2. The fraction of sp³-hybridized carbons (Fsp3) is 0.556. The molecular weight excluding hydrogens is 304 g/mol. The zero-order valence-electron chi connectivity index (χ0n) is 14.5. The minimum absolute atomic E-state index is 0.0229. The van der Waals surface area contributed by atoms with Gasteiger partial charge in [0.05, 0.1) is 17.6 Å². The lowest BCUT2D eigenvalue weighted by Gasteiger charge is -2.32. The number of aromatic nitrogens is 2. The molecule has 1 saturated heterocycles. The highest BCUT2D eigenvalue weighted by atomic mass is 16.5. The molecule has 0 spiro atoms. The Bertz CT molecular complexity index is 689. The van der Waals surface area contributed by atoms with Crippen molar-refractivity contribution in [3.05, 3.63) is 30.1 Å². The summed E-state index contributed by atoms with van der Waals surface area (Å²) in [6, 6.07) is 8.31. The second kappa shape index (κ2) is 7.66. The fourth-order valence-electron chi connectivity index (χ4n) is 3.38. The molecule has 24 heavy (non-hydrogen) atoms. The molecule has 1 aromatic carbocycles. The predicted molar refractivity (Wildman–Crippen MR) is 94.0 cm³/mol. The van der Waals surface area contributed by atoms with Gasteiger partial charge in [0.25, 0.3) is 0 Å². The van der Waals surface area contributed by atoms with Crippen molar-refractivity contribution >= 4 is 17.1 Å². The van der Waals surface area contributed by atoms with E-state index < -0.39 is 0 Å². The highest BCUT2D eigenvalue weighted by Crippen LogP contribution is 2.23. The van der Waals surface area contributed by atoms with Crippen LogP contribution in [0.1, 0.15) is 18.7 Å². The molecule has 2 amide bonds. The lowest BCUT2D eigenvalue weighted by atomic mass is 9.97. The van der Waals surface area contributed by atoms with Crippen molar-refractivity contribution in [1.82, 2.24) is 19.8 Å². The molecule has 0 aliphatic carbocycles. The molecule has 3 rings (SSSR count). The van der Waals surface area contributed by atoms with Crippen molar-refractivity contribution in [3.63, 3.8) is 0 Å². The first-order valence-corrected chi connectivity index (χ1v) is 8.62. The second-order valence-electron chi connectivity index (χ2n) is 6.41. The molecule has 6 heteroatoms. The molecule has 6 nitrogen and oxygen atoms in total. The molecule has 1 N–H and O–H groups in total. The maximum Gasteiger partial charge on any atom is 0.317 e. The molecule has 2 aromatic rings. The molecule has 0 radical (unpaired) electrons. The molecule has 0 unspecified atom stereocenters. The number of nitrogens with one attached hydrogen (secondary N) is 1. The summed E-state index contributed by atoms with van der Waals surface area (Å²) in [6.07, 6.45) is 2.06. The van der Waals surface area contributed by atoms with Crippen molar-refractivity contribution in [1.29, 1.82) is 0 Å². The molecule has 0 atom stereocenters. The minimum Gasteiger partial charge on any atom is -0.383 e. The van der Waals surface area contributed by atoms with Gasteiger partial charge in [0.1, 0.15) is 5.82 Å². The van der Waals surface area contributed by atoms with Crippen LogP contribution >= 0.6 is 0 Å².